The van der Waals surface area contributed by atoms with Crippen molar-refractivity contribution in [1.29, 1.82) is 0 Å². The fourth-order valence-electron chi connectivity index (χ4n) is 1.94. The van der Waals surface area contributed by atoms with Gasteiger partial charge < -0.3 is 18.9 Å². The molecule has 9 heteroatoms. The number of halogens is 1. The molecule has 118 valence electrons. The molecule has 1 aromatic rings. The van der Waals surface area contributed by atoms with Crippen LogP contribution in [0.5, 0.6) is 0 Å². The van der Waals surface area contributed by atoms with E-state index in [9.17, 15) is 9.59 Å². The molecule has 0 aromatic carbocycles. The molecule has 1 aromatic heterocycles. The van der Waals surface area contributed by atoms with Gasteiger partial charge >= 0.3 is 11.9 Å². The van der Waals surface area contributed by atoms with Gasteiger partial charge in [0.05, 0.1) is 25.5 Å². The normalized spacial score (nSPS) is 13.7. The van der Waals surface area contributed by atoms with Crippen LogP contribution in [0.15, 0.2) is 12.5 Å². The molecule has 0 radical (unpaired) electrons. The van der Waals surface area contributed by atoms with E-state index in [-0.39, 0.29) is 22.2 Å². The van der Waals surface area contributed by atoms with Crippen molar-refractivity contribution in [3.63, 3.8) is 0 Å². The van der Waals surface area contributed by atoms with Gasteiger partial charge in [-0.1, -0.05) is 11.6 Å². The van der Waals surface area contributed by atoms with E-state index in [4.69, 9.17) is 21.1 Å². The molecule has 0 saturated heterocycles. The largest absolute Gasteiger partial charge is 0.468 e. The van der Waals surface area contributed by atoms with E-state index in [1.807, 2.05) is 0 Å². The van der Waals surface area contributed by atoms with Crippen LogP contribution in [0.4, 0.5) is 0 Å². The third-order valence-corrected chi connectivity index (χ3v) is 3.17. The van der Waals surface area contributed by atoms with Gasteiger partial charge in [0.2, 0.25) is 0 Å². The van der Waals surface area contributed by atoms with Gasteiger partial charge in [-0.2, -0.15) is 0 Å². The van der Waals surface area contributed by atoms with Crippen LogP contribution < -0.4 is 0 Å². The Balaban J connectivity index is 2.59. The van der Waals surface area contributed by atoms with E-state index in [0.29, 0.717) is 0 Å². The number of nitrogens with zero attached hydrogens (tertiary/aromatic N) is 2. The van der Waals surface area contributed by atoms with Crippen LogP contribution in [0.25, 0.3) is 0 Å². The summed E-state index contributed by atoms with van der Waals surface area (Å²) in [5.74, 6) is -2.83. The van der Waals surface area contributed by atoms with Crippen molar-refractivity contribution in [1.82, 2.24) is 9.97 Å². The molecule has 0 spiro atoms. The average molecular weight is 329 g/mol. The first kappa shape index (κ1) is 16.0. The summed E-state index contributed by atoms with van der Waals surface area (Å²) in [5.41, 5.74) is 0.183. The van der Waals surface area contributed by atoms with Gasteiger partial charge in [-0.05, 0) is 6.92 Å². The lowest BCUT2D eigenvalue weighted by molar-refractivity contribution is -0.154. The second kappa shape index (κ2) is 6.61. The number of carbonyl (C=O) groups excluding carboxylic acids is 2. The predicted molar refractivity (Wildman–Crippen MR) is 72.6 cm³/mol. The van der Waals surface area contributed by atoms with Crippen LogP contribution in [0, 0.1) is 6.92 Å². The first-order valence-electron chi connectivity index (χ1n) is 6.15. The summed E-state index contributed by atoms with van der Waals surface area (Å²) in [4.78, 5) is 32.1. The summed E-state index contributed by atoms with van der Waals surface area (Å²) in [6, 6.07) is 0. The van der Waals surface area contributed by atoms with Crippen LogP contribution in [-0.4, -0.2) is 36.1 Å². The van der Waals surface area contributed by atoms with Crippen molar-refractivity contribution in [2.75, 3.05) is 14.2 Å². The lowest BCUT2D eigenvalue weighted by Gasteiger charge is -2.19. The number of methoxy groups -OCH3 is 2. The minimum Gasteiger partial charge on any atom is -0.468 e. The van der Waals surface area contributed by atoms with E-state index < -0.39 is 24.1 Å². The summed E-state index contributed by atoms with van der Waals surface area (Å²) in [7, 11) is 2.30. The van der Waals surface area contributed by atoms with Crippen LogP contribution in [-0.2, 0) is 28.5 Å². The van der Waals surface area contributed by atoms with Gasteiger partial charge in [0.25, 0.3) is 6.29 Å². The Morgan fingerprint density at radius 2 is 1.73 bits per heavy atom. The average Bonchev–Trinajstić information content (AvgIpc) is 3.00. The second-order valence-electron chi connectivity index (χ2n) is 4.22. The number of esters is 2. The lowest BCUT2D eigenvalue weighted by atomic mass is 10.0. The van der Waals surface area contributed by atoms with Crippen molar-refractivity contribution in [3.8, 4) is 0 Å². The Hall–Kier alpha value is -2.35. The van der Waals surface area contributed by atoms with Crippen molar-refractivity contribution in [2.45, 2.75) is 19.1 Å². The molecule has 2 heterocycles. The second-order valence-corrected chi connectivity index (χ2v) is 4.57. The standard InChI is InChI=1S/C13H13ClN2O6/c1-6-15-9(8(11(17)19-2)12(18)20-3)7(10(14)16-6)13-21-4-5-22-13/h4-5,8,13H,1-3H3. The zero-order valence-electron chi connectivity index (χ0n) is 12.0. The Morgan fingerprint density at radius 1 is 1.18 bits per heavy atom. The smallest absolute Gasteiger partial charge is 0.326 e. The zero-order chi connectivity index (χ0) is 16.3. The molecule has 0 bridgehead atoms. The number of hydrogen-bond donors (Lipinski definition) is 0. The molecule has 0 atom stereocenters. The highest BCUT2D eigenvalue weighted by molar-refractivity contribution is 6.30. The van der Waals surface area contributed by atoms with Gasteiger partial charge in [-0.15, -0.1) is 0 Å². The Morgan fingerprint density at radius 3 is 2.23 bits per heavy atom. The molecule has 8 nitrogen and oxygen atoms in total. The molecule has 22 heavy (non-hydrogen) atoms. The van der Waals surface area contributed by atoms with Gasteiger partial charge in [0, 0.05) is 0 Å². The molecule has 0 fully saturated rings. The molecule has 0 N–H and O–H groups in total. The first-order chi connectivity index (χ1) is 10.5. The summed E-state index contributed by atoms with van der Waals surface area (Å²) in [6.07, 6.45) is 1.64. The van der Waals surface area contributed by atoms with Gasteiger partial charge in [-0.25, -0.2) is 9.97 Å². The fraction of sp³-hybridized carbons (Fsp3) is 0.385. The predicted octanol–water partition coefficient (Wildman–Crippen LogP) is 1.38. The van der Waals surface area contributed by atoms with E-state index in [1.54, 1.807) is 6.92 Å². The maximum absolute atomic E-state index is 12.0. The van der Waals surface area contributed by atoms with Crippen molar-refractivity contribution in [3.05, 3.63) is 34.8 Å². The minimum atomic E-state index is -1.42. The number of ether oxygens (including phenoxy) is 4. The maximum atomic E-state index is 12.0. The molecule has 0 saturated carbocycles. The third-order valence-electron chi connectivity index (χ3n) is 2.88. The van der Waals surface area contributed by atoms with Gasteiger partial charge in [0.15, 0.2) is 5.92 Å². The molecule has 0 unspecified atom stereocenters. The fourth-order valence-corrected chi connectivity index (χ4v) is 2.24. The SMILES string of the molecule is COC(=O)C(C(=O)OC)c1nc(C)nc(Cl)c1C1OC=CO1. The van der Waals surface area contributed by atoms with E-state index in [2.05, 4.69) is 19.4 Å². The number of hydrogen-bond acceptors (Lipinski definition) is 8. The number of aromatic nitrogens is 2. The summed E-state index contributed by atoms with van der Waals surface area (Å²) in [6.45, 7) is 1.57. The van der Waals surface area contributed by atoms with Crippen LogP contribution in [0.2, 0.25) is 5.15 Å². The Bertz CT molecular complexity index is 609. The quantitative estimate of drug-likeness (QED) is 0.464. The van der Waals surface area contributed by atoms with Crippen molar-refractivity contribution in [2.24, 2.45) is 0 Å². The molecule has 1 aliphatic rings. The third kappa shape index (κ3) is 2.96. The lowest BCUT2D eigenvalue weighted by Crippen LogP contribution is -2.28. The maximum Gasteiger partial charge on any atom is 0.326 e. The van der Waals surface area contributed by atoms with Crippen LogP contribution in [0.1, 0.15) is 29.3 Å². The molecule has 0 aliphatic carbocycles. The van der Waals surface area contributed by atoms with Crippen LogP contribution in [0.3, 0.4) is 0 Å². The molecular weight excluding hydrogens is 316 g/mol. The molecule has 2 rings (SSSR count). The van der Waals surface area contributed by atoms with Crippen LogP contribution >= 0.6 is 11.6 Å². The molecule has 1 aliphatic heterocycles. The van der Waals surface area contributed by atoms with Crippen molar-refractivity contribution >= 4 is 23.5 Å². The summed E-state index contributed by atoms with van der Waals surface area (Å²) in [5, 5.41) is 0.00834. The van der Waals surface area contributed by atoms with Gasteiger partial charge in [0.1, 0.15) is 23.5 Å². The molecule has 0 amide bonds. The Labute approximate surface area is 131 Å². The first-order valence-corrected chi connectivity index (χ1v) is 6.53. The number of rotatable bonds is 4. The monoisotopic (exact) mass is 328 g/mol. The minimum absolute atomic E-state index is 0.00834. The van der Waals surface area contributed by atoms with E-state index in [1.165, 1.54) is 12.5 Å². The highest BCUT2D eigenvalue weighted by Gasteiger charge is 2.38. The number of aryl methyl sites for hydroxylation is 1. The number of carbonyl (C=O) groups is 2. The van der Waals surface area contributed by atoms with E-state index in [0.717, 1.165) is 14.2 Å². The topological polar surface area (TPSA) is 96.8 Å². The van der Waals surface area contributed by atoms with Gasteiger partial charge in [-0.3, -0.25) is 9.59 Å². The molecular formula is C13H13ClN2O6. The zero-order valence-corrected chi connectivity index (χ0v) is 12.8. The summed E-state index contributed by atoms with van der Waals surface area (Å²) >= 11 is 6.11. The van der Waals surface area contributed by atoms with Crippen molar-refractivity contribution < 1.29 is 28.5 Å². The highest BCUT2D eigenvalue weighted by Crippen LogP contribution is 2.35. The summed E-state index contributed by atoms with van der Waals surface area (Å²) < 4.78 is 19.7. The van der Waals surface area contributed by atoms with E-state index >= 15 is 0 Å². The highest BCUT2D eigenvalue weighted by atomic mass is 35.5. The Kier molecular flexibility index (Phi) is 4.81.